The Kier molecular flexibility index (Phi) is 6.08. The van der Waals surface area contributed by atoms with Gasteiger partial charge in [-0.3, -0.25) is 4.79 Å². The first kappa shape index (κ1) is 20.3. The number of carbonyl (C=O) groups excluding carboxylic acids is 1. The Bertz CT molecular complexity index is 1100. The van der Waals surface area contributed by atoms with Crippen LogP contribution in [-0.4, -0.2) is 30.9 Å². The summed E-state index contributed by atoms with van der Waals surface area (Å²) in [6, 6.07) is 13.0. The summed E-state index contributed by atoms with van der Waals surface area (Å²) in [7, 11) is -3.83. The van der Waals surface area contributed by atoms with E-state index in [1.807, 2.05) is 26.0 Å². The first-order valence-electron chi connectivity index (χ1n) is 8.74. The number of benzene rings is 2. The number of hydrogen-bond donors (Lipinski definition) is 2. The lowest BCUT2D eigenvalue weighted by atomic mass is 10.1. The number of nitrogens with one attached hydrogen (secondary N) is 2. The molecule has 2 N–H and O–H groups in total. The van der Waals surface area contributed by atoms with Gasteiger partial charge in [0.15, 0.2) is 6.61 Å². The van der Waals surface area contributed by atoms with Gasteiger partial charge in [-0.25, -0.2) is 23.1 Å². The normalized spacial score (nSPS) is 11.0. The maximum absolute atomic E-state index is 12.4. The maximum atomic E-state index is 12.4. The van der Waals surface area contributed by atoms with Crippen molar-refractivity contribution in [3.8, 4) is 5.75 Å². The molecule has 0 unspecified atom stereocenters. The molecule has 1 aromatic heterocycles. The molecule has 3 rings (SSSR count). The van der Waals surface area contributed by atoms with Crippen LogP contribution in [0.5, 0.6) is 5.75 Å². The molecule has 9 heteroatoms. The zero-order valence-electron chi connectivity index (χ0n) is 15.9. The Balaban J connectivity index is 1.60. The lowest BCUT2D eigenvalue weighted by Gasteiger charge is -2.11. The molecule has 0 saturated heterocycles. The molecule has 0 aliphatic rings. The van der Waals surface area contributed by atoms with Crippen molar-refractivity contribution in [2.75, 3.05) is 16.6 Å². The van der Waals surface area contributed by atoms with Gasteiger partial charge in [-0.15, -0.1) is 0 Å². The van der Waals surface area contributed by atoms with Gasteiger partial charge in [0.05, 0.1) is 4.90 Å². The SMILES string of the molecule is Cc1cccc(OCC(=O)Nc2ccc(S(=O)(=O)Nc3ncccn3)cc2)c1C. The third kappa shape index (κ3) is 5.29. The summed E-state index contributed by atoms with van der Waals surface area (Å²) in [6.07, 6.45) is 2.87. The van der Waals surface area contributed by atoms with E-state index in [0.717, 1.165) is 11.1 Å². The van der Waals surface area contributed by atoms with Crippen molar-refractivity contribution in [3.63, 3.8) is 0 Å². The fraction of sp³-hybridized carbons (Fsp3) is 0.150. The molecule has 0 bridgehead atoms. The van der Waals surface area contributed by atoms with Gasteiger partial charge < -0.3 is 10.1 Å². The third-order valence-corrected chi connectivity index (χ3v) is 5.50. The Labute approximate surface area is 169 Å². The second kappa shape index (κ2) is 8.70. The number of aryl methyl sites for hydroxylation is 1. The maximum Gasteiger partial charge on any atom is 0.264 e. The second-order valence-corrected chi connectivity index (χ2v) is 7.92. The lowest BCUT2D eigenvalue weighted by Crippen LogP contribution is -2.20. The first-order chi connectivity index (χ1) is 13.8. The fourth-order valence-electron chi connectivity index (χ4n) is 2.47. The predicted molar refractivity (Wildman–Crippen MR) is 109 cm³/mol. The molecule has 0 radical (unpaired) electrons. The molecule has 0 aliphatic carbocycles. The molecule has 29 heavy (non-hydrogen) atoms. The van der Waals surface area contributed by atoms with Crippen molar-refractivity contribution in [3.05, 3.63) is 72.1 Å². The van der Waals surface area contributed by atoms with Crippen molar-refractivity contribution >= 4 is 27.6 Å². The standard InChI is InChI=1S/C20H20N4O4S/c1-14-5-3-6-18(15(14)2)28-13-19(25)23-16-7-9-17(10-8-16)29(26,27)24-20-21-11-4-12-22-20/h3-12H,13H2,1-2H3,(H,23,25)(H,21,22,24). The van der Waals surface area contributed by atoms with E-state index in [9.17, 15) is 13.2 Å². The number of carbonyl (C=O) groups is 1. The third-order valence-electron chi connectivity index (χ3n) is 4.15. The number of hydrogen-bond acceptors (Lipinski definition) is 6. The molecule has 150 valence electrons. The summed E-state index contributed by atoms with van der Waals surface area (Å²) in [5.41, 5.74) is 2.51. The first-order valence-corrected chi connectivity index (χ1v) is 10.2. The zero-order valence-corrected chi connectivity index (χ0v) is 16.7. The van der Waals surface area contributed by atoms with Crippen molar-refractivity contribution in [2.45, 2.75) is 18.7 Å². The highest BCUT2D eigenvalue weighted by Gasteiger charge is 2.15. The van der Waals surface area contributed by atoms with E-state index in [0.29, 0.717) is 11.4 Å². The number of sulfonamides is 1. The highest BCUT2D eigenvalue weighted by molar-refractivity contribution is 7.92. The van der Waals surface area contributed by atoms with E-state index >= 15 is 0 Å². The van der Waals surface area contributed by atoms with Gasteiger partial charge in [0.1, 0.15) is 5.75 Å². The number of amides is 1. The van der Waals surface area contributed by atoms with E-state index in [1.165, 1.54) is 36.7 Å². The Morgan fingerprint density at radius 2 is 1.69 bits per heavy atom. The van der Waals surface area contributed by atoms with Gasteiger partial charge in [-0.1, -0.05) is 12.1 Å². The summed E-state index contributed by atoms with van der Waals surface area (Å²) in [5.74, 6) is 0.279. The van der Waals surface area contributed by atoms with E-state index in [4.69, 9.17) is 4.74 Å². The van der Waals surface area contributed by atoms with Crippen molar-refractivity contribution in [1.82, 2.24) is 9.97 Å². The minimum absolute atomic E-state index is 0.0199. The average Bonchev–Trinajstić information content (AvgIpc) is 2.70. The number of nitrogens with zero attached hydrogens (tertiary/aromatic N) is 2. The van der Waals surface area contributed by atoms with Crippen LogP contribution in [0, 0.1) is 13.8 Å². The van der Waals surface area contributed by atoms with Crippen LogP contribution in [0.2, 0.25) is 0 Å². The van der Waals surface area contributed by atoms with E-state index in [1.54, 1.807) is 12.1 Å². The molecule has 0 spiro atoms. The lowest BCUT2D eigenvalue weighted by molar-refractivity contribution is -0.118. The predicted octanol–water partition coefficient (Wildman–Crippen LogP) is 2.91. The van der Waals surface area contributed by atoms with Crippen LogP contribution in [0.15, 0.2) is 65.8 Å². The van der Waals surface area contributed by atoms with Crippen LogP contribution in [0.3, 0.4) is 0 Å². The topological polar surface area (TPSA) is 110 Å². The van der Waals surface area contributed by atoms with Crippen LogP contribution in [0.1, 0.15) is 11.1 Å². The molecule has 1 heterocycles. The van der Waals surface area contributed by atoms with Crippen molar-refractivity contribution in [1.29, 1.82) is 0 Å². The number of anilines is 2. The molecule has 8 nitrogen and oxygen atoms in total. The second-order valence-electron chi connectivity index (χ2n) is 6.24. The van der Waals surface area contributed by atoms with Crippen LogP contribution in [-0.2, 0) is 14.8 Å². The molecule has 2 aromatic carbocycles. The Morgan fingerprint density at radius 3 is 2.38 bits per heavy atom. The van der Waals surface area contributed by atoms with Gasteiger partial charge in [0, 0.05) is 18.1 Å². The van der Waals surface area contributed by atoms with Crippen LogP contribution in [0.4, 0.5) is 11.6 Å². The summed E-state index contributed by atoms with van der Waals surface area (Å²) < 4.78 is 32.6. The summed E-state index contributed by atoms with van der Waals surface area (Å²) in [5, 5.41) is 2.67. The molecule has 0 aliphatic heterocycles. The quantitative estimate of drug-likeness (QED) is 0.617. The molecule has 0 atom stereocenters. The van der Waals surface area contributed by atoms with Crippen LogP contribution in [0.25, 0.3) is 0 Å². The van der Waals surface area contributed by atoms with E-state index < -0.39 is 10.0 Å². The summed E-state index contributed by atoms with van der Waals surface area (Å²) in [4.78, 5) is 19.8. The van der Waals surface area contributed by atoms with Gasteiger partial charge in [0.2, 0.25) is 5.95 Å². The van der Waals surface area contributed by atoms with Crippen LogP contribution >= 0.6 is 0 Å². The van der Waals surface area contributed by atoms with Crippen molar-refractivity contribution in [2.24, 2.45) is 0 Å². The molecule has 0 fully saturated rings. The monoisotopic (exact) mass is 412 g/mol. The Morgan fingerprint density at radius 1 is 1.00 bits per heavy atom. The van der Waals surface area contributed by atoms with Gasteiger partial charge >= 0.3 is 0 Å². The minimum Gasteiger partial charge on any atom is -0.483 e. The molecular weight excluding hydrogens is 392 g/mol. The molecular formula is C20H20N4O4S. The largest absolute Gasteiger partial charge is 0.483 e. The number of ether oxygens (including phenoxy) is 1. The van der Waals surface area contributed by atoms with E-state index in [2.05, 4.69) is 20.0 Å². The Hall–Kier alpha value is -3.46. The van der Waals surface area contributed by atoms with Gasteiger partial charge in [-0.05, 0) is 61.4 Å². The molecule has 1 amide bonds. The van der Waals surface area contributed by atoms with E-state index in [-0.39, 0.29) is 23.4 Å². The minimum atomic E-state index is -3.83. The summed E-state index contributed by atoms with van der Waals surface area (Å²) >= 11 is 0. The average molecular weight is 412 g/mol. The smallest absolute Gasteiger partial charge is 0.264 e. The fourth-order valence-corrected chi connectivity index (χ4v) is 3.43. The molecule has 0 saturated carbocycles. The van der Waals surface area contributed by atoms with Crippen LogP contribution < -0.4 is 14.8 Å². The summed E-state index contributed by atoms with van der Waals surface area (Å²) in [6.45, 7) is 3.74. The molecule has 3 aromatic rings. The number of rotatable bonds is 7. The van der Waals surface area contributed by atoms with Gasteiger partial charge in [-0.2, -0.15) is 0 Å². The number of aromatic nitrogens is 2. The highest BCUT2D eigenvalue weighted by Crippen LogP contribution is 2.21. The van der Waals surface area contributed by atoms with Gasteiger partial charge in [0.25, 0.3) is 15.9 Å². The van der Waals surface area contributed by atoms with Crippen molar-refractivity contribution < 1.29 is 17.9 Å². The zero-order chi connectivity index (χ0) is 20.9. The highest BCUT2D eigenvalue weighted by atomic mass is 32.2.